The van der Waals surface area contributed by atoms with Crippen molar-refractivity contribution >= 4 is 23.3 Å². The first kappa shape index (κ1) is 25.8. The third-order valence-corrected chi connectivity index (χ3v) is 6.87. The van der Waals surface area contributed by atoms with Gasteiger partial charge in [-0.3, -0.25) is 9.59 Å². The maximum atomic E-state index is 13.2. The Morgan fingerprint density at radius 3 is 2.71 bits per heavy atom. The van der Waals surface area contributed by atoms with Gasteiger partial charge in [0.2, 0.25) is 0 Å². The molecule has 0 bridgehead atoms. The molecule has 38 heavy (non-hydrogen) atoms. The molecule has 3 aromatic rings. The molecule has 1 fully saturated rings. The number of nitrogens with one attached hydrogen (secondary N) is 1. The summed E-state index contributed by atoms with van der Waals surface area (Å²) >= 11 is 0. The summed E-state index contributed by atoms with van der Waals surface area (Å²) in [6, 6.07) is 4.07. The lowest BCUT2D eigenvalue weighted by molar-refractivity contribution is -0.153. The van der Waals surface area contributed by atoms with E-state index in [1.165, 1.54) is 16.8 Å². The Morgan fingerprint density at radius 1 is 1.32 bits per heavy atom. The monoisotopic (exact) mass is 532 g/mol. The summed E-state index contributed by atoms with van der Waals surface area (Å²) in [6.07, 6.45) is -1.05. The van der Waals surface area contributed by atoms with E-state index < -0.39 is 24.7 Å². The lowest BCUT2D eigenvalue weighted by atomic mass is 10.0. The standard InChI is InChI=1S/C25H27F3N6O4/c1-12(10-35)30-23(36)20-21(29)32-34-6-5-17(31-22(20)34)15-7-16-9-33(13(2)14-3-4-14)24(37)19(16)18(8-15)38-11-25(26,27)28/h5-8,12-14,35H,3-4,9-11H2,1-2H3,(H2,29,32)(H,30,36). The van der Waals surface area contributed by atoms with Crippen LogP contribution in [0, 0.1) is 5.92 Å². The third-order valence-electron chi connectivity index (χ3n) is 6.87. The fourth-order valence-corrected chi connectivity index (χ4v) is 4.69. The van der Waals surface area contributed by atoms with E-state index in [9.17, 15) is 27.9 Å². The molecule has 2 atom stereocenters. The average molecular weight is 533 g/mol. The largest absolute Gasteiger partial charge is 0.483 e. The number of halogens is 3. The molecule has 1 aromatic carbocycles. The Bertz CT molecular complexity index is 1420. The summed E-state index contributed by atoms with van der Waals surface area (Å²) in [5, 5.41) is 16.0. The van der Waals surface area contributed by atoms with E-state index >= 15 is 0 Å². The zero-order chi connectivity index (χ0) is 27.4. The minimum Gasteiger partial charge on any atom is -0.483 e. The fourth-order valence-electron chi connectivity index (χ4n) is 4.69. The normalized spacial score (nSPS) is 17.0. The third kappa shape index (κ3) is 4.85. The van der Waals surface area contributed by atoms with Crippen molar-refractivity contribution < 1.29 is 32.6 Å². The molecule has 2 amide bonds. The number of aromatic nitrogens is 3. The Kier molecular flexibility index (Phi) is 6.41. The maximum Gasteiger partial charge on any atom is 0.422 e. The molecule has 0 radical (unpaired) electrons. The predicted octanol–water partition coefficient (Wildman–Crippen LogP) is 2.78. The van der Waals surface area contributed by atoms with Crippen molar-refractivity contribution in [3.8, 4) is 17.0 Å². The fraction of sp³-hybridized carbons (Fsp3) is 0.440. The van der Waals surface area contributed by atoms with Crippen LogP contribution in [-0.4, -0.2) is 67.9 Å². The molecule has 1 saturated carbocycles. The second-order valence-corrected chi connectivity index (χ2v) is 9.82. The number of aliphatic hydroxyl groups excluding tert-OH is 1. The molecule has 202 valence electrons. The summed E-state index contributed by atoms with van der Waals surface area (Å²) in [7, 11) is 0. The summed E-state index contributed by atoms with van der Waals surface area (Å²) in [5.74, 6) is -0.804. The Labute approximate surface area is 215 Å². The highest BCUT2D eigenvalue weighted by atomic mass is 19.4. The van der Waals surface area contributed by atoms with Gasteiger partial charge in [-0.1, -0.05) is 0 Å². The molecule has 2 aliphatic rings. The smallest absolute Gasteiger partial charge is 0.422 e. The molecule has 0 spiro atoms. The SMILES string of the molecule is CC(CO)NC(=O)c1c(N)nn2ccc(-c3cc4c(c(OCC(F)(F)F)c3)C(=O)N(C(C)C3CC3)C4)nc12. The second-order valence-electron chi connectivity index (χ2n) is 9.82. The van der Waals surface area contributed by atoms with Crippen molar-refractivity contribution in [3.63, 3.8) is 0 Å². The van der Waals surface area contributed by atoms with Gasteiger partial charge >= 0.3 is 6.18 Å². The van der Waals surface area contributed by atoms with E-state index in [-0.39, 0.29) is 53.4 Å². The number of nitrogen functional groups attached to an aromatic ring is 1. The second kappa shape index (κ2) is 9.46. The van der Waals surface area contributed by atoms with E-state index in [2.05, 4.69) is 15.4 Å². The molecule has 10 nitrogen and oxygen atoms in total. The number of hydrogen-bond acceptors (Lipinski definition) is 7. The lowest BCUT2D eigenvalue weighted by Gasteiger charge is -2.24. The van der Waals surface area contributed by atoms with Gasteiger partial charge < -0.3 is 25.8 Å². The quantitative estimate of drug-likeness (QED) is 0.406. The number of nitrogens with zero attached hydrogens (tertiary/aromatic N) is 4. The molecular weight excluding hydrogens is 505 g/mol. The molecule has 2 aromatic heterocycles. The van der Waals surface area contributed by atoms with Crippen LogP contribution < -0.4 is 15.8 Å². The van der Waals surface area contributed by atoms with Gasteiger partial charge in [0.25, 0.3) is 11.8 Å². The number of fused-ring (bicyclic) bond motifs is 2. The molecule has 1 aliphatic carbocycles. The van der Waals surface area contributed by atoms with Crippen molar-refractivity contribution in [3.05, 3.63) is 41.1 Å². The van der Waals surface area contributed by atoms with Gasteiger partial charge in [0.15, 0.2) is 18.1 Å². The Hall–Kier alpha value is -3.87. The minimum absolute atomic E-state index is 0.00136. The highest BCUT2D eigenvalue weighted by molar-refractivity contribution is 6.04. The number of nitrogens with two attached hydrogens (primary N) is 1. The van der Waals surface area contributed by atoms with Gasteiger partial charge in [0, 0.05) is 30.4 Å². The van der Waals surface area contributed by atoms with Crippen molar-refractivity contribution in [1.82, 2.24) is 24.8 Å². The molecule has 4 N–H and O–H groups in total. The molecule has 2 unspecified atom stereocenters. The van der Waals surface area contributed by atoms with Crippen molar-refractivity contribution in [2.75, 3.05) is 18.9 Å². The Morgan fingerprint density at radius 2 is 2.05 bits per heavy atom. The van der Waals surface area contributed by atoms with Crippen LogP contribution in [0.3, 0.4) is 0 Å². The first-order valence-electron chi connectivity index (χ1n) is 12.2. The summed E-state index contributed by atoms with van der Waals surface area (Å²) < 4.78 is 45.6. The number of carbonyl (C=O) groups excluding carboxylic acids is 2. The van der Waals surface area contributed by atoms with Crippen molar-refractivity contribution in [1.29, 1.82) is 0 Å². The topological polar surface area (TPSA) is 135 Å². The molecule has 0 saturated heterocycles. The highest BCUT2D eigenvalue weighted by Gasteiger charge is 2.41. The maximum absolute atomic E-state index is 13.2. The summed E-state index contributed by atoms with van der Waals surface area (Å²) in [6.45, 7) is 1.97. The Balaban J connectivity index is 1.57. The number of aliphatic hydroxyl groups is 1. The number of anilines is 1. The van der Waals surface area contributed by atoms with Crippen LogP contribution in [0.5, 0.6) is 5.75 Å². The van der Waals surface area contributed by atoms with Gasteiger partial charge in [-0.05, 0) is 56.4 Å². The van der Waals surface area contributed by atoms with Crippen molar-refractivity contribution in [2.24, 2.45) is 5.92 Å². The first-order valence-corrected chi connectivity index (χ1v) is 12.2. The van der Waals surface area contributed by atoms with Gasteiger partial charge in [0.1, 0.15) is 11.3 Å². The van der Waals surface area contributed by atoms with Gasteiger partial charge in [0.05, 0.1) is 17.9 Å². The number of benzene rings is 1. The van der Waals surface area contributed by atoms with Crippen LogP contribution in [-0.2, 0) is 6.54 Å². The number of hydrogen-bond donors (Lipinski definition) is 3. The highest BCUT2D eigenvalue weighted by Crippen LogP contribution is 2.42. The average Bonchev–Trinajstić information content (AvgIpc) is 3.58. The number of rotatable bonds is 8. The molecular formula is C25H27F3N6O4. The minimum atomic E-state index is -4.59. The molecule has 13 heteroatoms. The zero-order valence-electron chi connectivity index (χ0n) is 20.7. The number of amides is 2. The van der Waals surface area contributed by atoms with Crippen LogP contribution in [0.2, 0.25) is 0 Å². The number of alkyl halides is 3. The van der Waals surface area contributed by atoms with E-state index in [1.54, 1.807) is 24.0 Å². The predicted molar refractivity (Wildman–Crippen MR) is 130 cm³/mol. The summed E-state index contributed by atoms with van der Waals surface area (Å²) in [5.41, 5.74) is 7.49. The molecule has 1 aliphatic heterocycles. The van der Waals surface area contributed by atoms with Crippen LogP contribution >= 0.6 is 0 Å². The van der Waals surface area contributed by atoms with Crippen LogP contribution in [0.4, 0.5) is 19.0 Å². The van der Waals surface area contributed by atoms with Gasteiger partial charge in [-0.2, -0.15) is 13.2 Å². The van der Waals surface area contributed by atoms with E-state index in [0.29, 0.717) is 22.7 Å². The first-order chi connectivity index (χ1) is 18.0. The van der Waals surface area contributed by atoms with E-state index in [1.807, 2.05) is 6.92 Å². The molecule has 5 rings (SSSR count). The van der Waals surface area contributed by atoms with Gasteiger partial charge in [-0.15, -0.1) is 5.10 Å². The van der Waals surface area contributed by atoms with E-state index in [4.69, 9.17) is 10.5 Å². The number of ether oxygens (including phenoxy) is 1. The van der Waals surface area contributed by atoms with Crippen LogP contribution in [0.25, 0.3) is 16.9 Å². The molecule has 3 heterocycles. The lowest BCUT2D eigenvalue weighted by Crippen LogP contribution is -2.35. The van der Waals surface area contributed by atoms with Crippen molar-refractivity contribution in [2.45, 2.75) is 51.5 Å². The van der Waals surface area contributed by atoms with Crippen LogP contribution in [0.15, 0.2) is 24.4 Å². The number of carbonyl (C=O) groups is 2. The zero-order valence-corrected chi connectivity index (χ0v) is 20.7. The van der Waals surface area contributed by atoms with E-state index in [0.717, 1.165) is 12.8 Å². The van der Waals surface area contributed by atoms with Crippen LogP contribution in [0.1, 0.15) is 53.0 Å². The van der Waals surface area contributed by atoms with Gasteiger partial charge in [-0.25, -0.2) is 9.50 Å². The summed E-state index contributed by atoms with van der Waals surface area (Å²) in [4.78, 5) is 32.2.